The average molecular weight is 340 g/mol. The summed E-state index contributed by atoms with van der Waals surface area (Å²) in [5.41, 5.74) is 0.823. The second-order valence-corrected chi connectivity index (χ2v) is 5.23. The molecule has 0 spiro atoms. The molecule has 0 aliphatic carbocycles. The number of ketones is 1. The minimum atomic E-state index is -0.377. The van der Waals surface area contributed by atoms with Gasteiger partial charge in [0.1, 0.15) is 5.82 Å². The standard InChI is InChI=1S/C15H9BrClFO/c16-12-5-6-14(18)10(8-12)4-7-15(19)11-2-1-3-13(17)9-11/h1-9H/b7-4+. The molecule has 0 bridgehead atoms. The molecule has 0 aliphatic heterocycles. The van der Waals surface area contributed by atoms with Crippen molar-refractivity contribution < 1.29 is 9.18 Å². The van der Waals surface area contributed by atoms with Gasteiger partial charge >= 0.3 is 0 Å². The predicted octanol–water partition coefficient (Wildman–Crippen LogP) is 5.14. The highest BCUT2D eigenvalue weighted by Gasteiger charge is 2.03. The van der Waals surface area contributed by atoms with Crippen LogP contribution in [0, 0.1) is 5.82 Å². The zero-order valence-electron chi connectivity index (χ0n) is 9.74. The van der Waals surface area contributed by atoms with Gasteiger partial charge in [0.2, 0.25) is 0 Å². The van der Waals surface area contributed by atoms with Crippen LogP contribution in [0.5, 0.6) is 0 Å². The SMILES string of the molecule is O=C(/C=C/c1cc(Br)ccc1F)c1cccc(Cl)c1. The van der Waals surface area contributed by atoms with Crippen molar-refractivity contribution in [1.29, 1.82) is 0 Å². The molecule has 0 saturated heterocycles. The van der Waals surface area contributed by atoms with Gasteiger partial charge in [-0.15, -0.1) is 0 Å². The summed E-state index contributed by atoms with van der Waals surface area (Å²) in [5.74, 6) is -0.597. The summed E-state index contributed by atoms with van der Waals surface area (Å²) in [5, 5.41) is 0.493. The number of hydrogen-bond donors (Lipinski definition) is 0. The number of allylic oxidation sites excluding steroid dienone is 1. The van der Waals surface area contributed by atoms with Crippen LogP contribution >= 0.6 is 27.5 Å². The zero-order chi connectivity index (χ0) is 13.8. The molecule has 0 amide bonds. The van der Waals surface area contributed by atoms with Gasteiger partial charge in [0, 0.05) is 20.6 Å². The van der Waals surface area contributed by atoms with E-state index in [0.717, 1.165) is 4.47 Å². The average Bonchev–Trinajstić information content (AvgIpc) is 2.39. The lowest BCUT2D eigenvalue weighted by molar-refractivity contribution is 0.104. The molecule has 2 rings (SSSR count). The minimum Gasteiger partial charge on any atom is -0.289 e. The summed E-state index contributed by atoms with van der Waals surface area (Å²) in [6.45, 7) is 0. The minimum absolute atomic E-state index is 0.220. The van der Waals surface area contributed by atoms with Crippen molar-refractivity contribution in [2.24, 2.45) is 0 Å². The Hall–Kier alpha value is -1.45. The van der Waals surface area contributed by atoms with Gasteiger partial charge in [-0.2, -0.15) is 0 Å². The Kier molecular flexibility index (Phi) is 4.51. The van der Waals surface area contributed by atoms with Crippen LogP contribution in [0.25, 0.3) is 6.08 Å². The fourth-order valence-corrected chi connectivity index (χ4v) is 2.11. The van der Waals surface area contributed by atoms with Crippen molar-refractivity contribution >= 4 is 39.4 Å². The topological polar surface area (TPSA) is 17.1 Å². The lowest BCUT2D eigenvalue weighted by Gasteiger charge is -1.99. The fraction of sp³-hybridized carbons (Fsp3) is 0. The van der Waals surface area contributed by atoms with Crippen LogP contribution in [-0.2, 0) is 0 Å². The smallest absolute Gasteiger partial charge is 0.185 e. The Bertz CT molecular complexity index is 652. The number of carbonyl (C=O) groups excluding carboxylic acids is 1. The van der Waals surface area contributed by atoms with Gasteiger partial charge in [-0.1, -0.05) is 39.7 Å². The molecular formula is C15H9BrClFO. The van der Waals surface area contributed by atoms with Crippen molar-refractivity contribution in [3.05, 3.63) is 75.0 Å². The van der Waals surface area contributed by atoms with E-state index in [1.54, 1.807) is 36.4 Å². The Morgan fingerprint density at radius 1 is 1.21 bits per heavy atom. The van der Waals surface area contributed by atoms with E-state index in [9.17, 15) is 9.18 Å². The Labute approximate surface area is 123 Å². The summed E-state index contributed by atoms with van der Waals surface area (Å²) in [6, 6.07) is 11.2. The third-order valence-corrected chi connectivity index (χ3v) is 3.21. The largest absolute Gasteiger partial charge is 0.289 e. The quantitative estimate of drug-likeness (QED) is 0.559. The van der Waals surface area contributed by atoms with E-state index >= 15 is 0 Å². The number of carbonyl (C=O) groups is 1. The maximum absolute atomic E-state index is 13.5. The van der Waals surface area contributed by atoms with Gasteiger partial charge in [0.15, 0.2) is 5.78 Å². The maximum Gasteiger partial charge on any atom is 0.185 e. The number of halogens is 3. The maximum atomic E-state index is 13.5. The van der Waals surface area contributed by atoms with Gasteiger partial charge in [0.05, 0.1) is 0 Å². The molecule has 0 unspecified atom stereocenters. The number of benzene rings is 2. The lowest BCUT2D eigenvalue weighted by atomic mass is 10.1. The Morgan fingerprint density at radius 2 is 2.00 bits per heavy atom. The highest BCUT2D eigenvalue weighted by Crippen LogP contribution is 2.17. The summed E-state index contributed by atoms with van der Waals surface area (Å²) in [7, 11) is 0. The molecule has 4 heteroatoms. The molecule has 0 aromatic heterocycles. The van der Waals surface area contributed by atoms with Gasteiger partial charge in [-0.05, 0) is 42.5 Å². The van der Waals surface area contributed by atoms with Crippen molar-refractivity contribution in [2.45, 2.75) is 0 Å². The van der Waals surface area contributed by atoms with Crippen LogP contribution in [0.3, 0.4) is 0 Å². The third-order valence-electron chi connectivity index (χ3n) is 2.48. The van der Waals surface area contributed by atoms with Crippen molar-refractivity contribution in [2.75, 3.05) is 0 Å². The van der Waals surface area contributed by atoms with Gasteiger partial charge in [-0.25, -0.2) is 4.39 Å². The molecule has 19 heavy (non-hydrogen) atoms. The van der Waals surface area contributed by atoms with Crippen LogP contribution in [0.15, 0.2) is 53.0 Å². The molecule has 2 aromatic rings. The summed E-state index contributed by atoms with van der Waals surface area (Å²) >= 11 is 9.06. The van der Waals surface area contributed by atoms with Crippen LogP contribution in [0.4, 0.5) is 4.39 Å². The van der Waals surface area contributed by atoms with Gasteiger partial charge in [0.25, 0.3) is 0 Å². The molecule has 0 fully saturated rings. The van der Waals surface area contributed by atoms with Crippen LogP contribution in [-0.4, -0.2) is 5.78 Å². The van der Waals surface area contributed by atoms with E-state index in [-0.39, 0.29) is 11.6 Å². The first-order chi connectivity index (χ1) is 9.06. The van der Waals surface area contributed by atoms with E-state index in [0.29, 0.717) is 16.1 Å². The molecule has 0 radical (unpaired) electrons. The molecule has 0 N–H and O–H groups in total. The molecular weight excluding hydrogens is 331 g/mol. The van der Waals surface area contributed by atoms with E-state index in [1.807, 2.05) is 0 Å². The van der Waals surface area contributed by atoms with Crippen molar-refractivity contribution in [3.8, 4) is 0 Å². The van der Waals surface area contributed by atoms with E-state index in [4.69, 9.17) is 11.6 Å². The summed E-state index contributed by atoms with van der Waals surface area (Å²) < 4.78 is 14.2. The first kappa shape index (κ1) is 14.0. The first-order valence-corrected chi connectivity index (χ1v) is 6.66. The van der Waals surface area contributed by atoms with Crippen molar-refractivity contribution in [1.82, 2.24) is 0 Å². The van der Waals surface area contributed by atoms with E-state index in [1.165, 1.54) is 18.2 Å². The molecule has 0 aliphatic rings. The summed E-state index contributed by atoms with van der Waals surface area (Å²) in [6.07, 6.45) is 2.78. The third kappa shape index (κ3) is 3.75. The molecule has 0 atom stereocenters. The van der Waals surface area contributed by atoms with Crippen LogP contribution in [0.2, 0.25) is 5.02 Å². The zero-order valence-corrected chi connectivity index (χ0v) is 12.1. The first-order valence-electron chi connectivity index (χ1n) is 5.49. The second kappa shape index (κ2) is 6.13. The molecule has 1 nitrogen and oxygen atoms in total. The number of rotatable bonds is 3. The predicted molar refractivity (Wildman–Crippen MR) is 78.9 cm³/mol. The van der Waals surface area contributed by atoms with Crippen molar-refractivity contribution in [3.63, 3.8) is 0 Å². The monoisotopic (exact) mass is 338 g/mol. The van der Waals surface area contributed by atoms with Gasteiger partial charge < -0.3 is 0 Å². The van der Waals surface area contributed by atoms with E-state index < -0.39 is 0 Å². The molecule has 2 aromatic carbocycles. The molecule has 0 heterocycles. The second-order valence-electron chi connectivity index (χ2n) is 3.87. The number of hydrogen-bond acceptors (Lipinski definition) is 1. The molecule has 0 saturated carbocycles. The Morgan fingerprint density at radius 3 is 2.74 bits per heavy atom. The molecule has 96 valence electrons. The van der Waals surface area contributed by atoms with Crippen LogP contribution in [0.1, 0.15) is 15.9 Å². The summed E-state index contributed by atoms with van der Waals surface area (Å²) in [4.78, 5) is 11.9. The fourth-order valence-electron chi connectivity index (χ4n) is 1.55. The highest BCUT2D eigenvalue weighted by molar-refractivity contribution is 9.10. The van der Waals surface area contributed by atoms with Gasteiger partial charge in [-0.3, -0.25) is 4.79 Å². The van der Waals surface area contributed by atoms with Crippen LogP contribution < -0.4 is 0 Å². The normalized spacial score (nSPS) is 10.9. The lowest BCUT2D eigenvalue weighted by Crippen LogP contribution is -1.93. The van der Waals surface area contributed by atoms with E-state index in [2.05, 4.69) is 15.9 Å². The Balaban J connectivity index is 2.23. The highest BCUT2D eigenvalue weighted by atomic mass is 79.9.